The van der Waals surface area contributed by atoms with Crippen LogP contribution in [0.1, 0.15) is 25.3 Å². The fourth-order valence-electron chi connectivity index (χ4n) is 3.07. The number of hydrogen-bond donors (Lipinski definition) is 0. The number of fused-ring (bicyclic) bond motifs is 1. The van der Waals surface area contributed by atoms with Crippen LogP contribution in [0.15, 0.2) is 42.5 Å². The van der Waals surface area contributed by atoms with Gasteiger partial charge in [-0.3, -0.25) is 0 Å². The zero-order valence-corrected chi connectivity index (χ0v) is 11.0. The van der Waals surface area contributed by atoms with E-state index in [-0.39, 0.29) is 18.0 Å². The summed E-state index contributed by atoms with van der Waals surface area (Å²) in [6.45, 7) is 2.20. The minimum atomic E-state index is -0.932. The van der Waals surface area contributed by atoms with Gasteiger partial charge in [-0.05, 0) is 25.3 Å². The lowest BCUT2D eigenvalue weighted by molar-refractivity contribution is -0.261. The molecule has 0 radical (unpaired) electrons. The summed E-state index contributed by atoms with van der Waals surface area (Å²) in [6.07, 6.45) is 6.40. The molecule has 0 amide bonds. The Kier molecular flexibility index (Phi) is 3.15. The molecule has 0 spiro atoms. The van der Waals surface area contributed by atoms with E-state index in [1.807, 2.05) is 37.3 Å². The zero-order chi connectivity index (χ0) is 13.3. The van der Waals surface area contributed by atoms with E-state index in [0.29, 0.717) is 6.61 Å². The molecule has 1 heterocycles. The molecule has 1 aliphatic heterocycles. The minimum absolute atomic E-state index is 0.0997. The van der Waals surface area contributed by atoms with E-state index in [2.05, 4.69) is 12.2 Å². The lowest BCUT2D eigenvalue weighted by Gasteiger charge is -2.53. The Morgan fingerprint density at radius 3 is 2.89 bits per heavy atom. The maximum absolute atomic E-state index is 12.4. The molecule has 3 heteroatoms. The van der Waals surface area contributed by atoms with Gasteiger partial charge in [-0.2, -0.15) is 0 Å². The molecule has 0 unspecified atom stereocenters. The summed E-state index contributed by atoms with van der Waals surface area (Å²) in [5.41, 5.74) is -0.0416. The predicted molar refractivity (Wildman–Crippen MR) is 71.5 cm³/mol. The Morgan fingerprint density at radius 2 is 2.21 bits per heavy atom. The molecule has 3 nitrogen and oxygen atoms in total. The zero-order valence-electron chi connectivity index (χ0n) is 11.0. The van der Waals surface area contributed by atoms with E-state index in [0.717, 1.165) is 18.4 Å². The van der Waals surface area contributed by atoms with Crippen LogP contribution < -0.4 is 0 Å². The highest BCUT2D eigenvalue weighted by Crippen LogP contribution is 2.51. The molecule has 19 heavy (non-hydrogen) atoms. The van der Waals surface area contributed by atoms with Crippen molar-refractivity contribution in [2.24, 2.45) is 5.92 Å². The third-order valence-corrected chi connectivity index (χ3v) is 3.95. The van der Waals surface area contributed by atoms with Gasteiger partial charge in [0.15, 0.2) is 5.60 Å². The van der Waals surface area contributed by atoms with Crippen molar-refractivity contribution in [3.63, 3.8) is 0 Å². The fraction of sp³-hybridized carbons (Fsp3) is 0.438. The normalized spacial score (nSPS) is 32.3. The summed E-state index contributed by atoms with van der Waals surface area (Å²) in [6, 6.07) is 9.68. The summed E-state index contributed by atoms with van der Waals surface area (Å²) >= 11 is 0. The number of carbonyl (C=O) groups is 1. The SMILES string of the molecule is CCOC(=O)[C@]1(c2ccccc2)O[C@H]2CCC=C[C@H]21. The maximum atomic E-state index is 12.4. The summed E-state index contributed by atoms with van der Waals surface area (Å²) in [5, 5.41) is 0. The van der Waals surface area contributed by atoms with Crippen LogP contribution in [0.3, 0.4) is 0 Å². The molecule has 100 valence electrons. The Balaban J connectivity index is 2.00. The lowest BCUT2D eigenvalue weighted by atomic mass is 9.69. The van der Waals surface area contributed by atoms with Crippen LogP contribution in [-0.4, -0.2) is 18.7 Å². The van der Waals surface area contributed by atoms with Crippen molar-refractivity contribution in [3.8, 4) is 0 Å². The molecule has 2 aliphatic rings. The van der Waals surface area contributed by atoms with Gasteiger partial charge in [0.25, 0.3) is 0 Å². The van der Waals surface area contributed by atoms with Crippen LogP contribution >= 0.6 is 0 Å². The van der Waals surface area contributed by atoms with Gasteiger partial charge in [-0.1, -0.05) is 42.5 Å². The molecular formula is C16H18O3. The Hall–Kier alpha value is -1.61. The first-order valence-corrected chi connectivity index (χ1v) is 6.86. The van der Waals surface area contributed by atoms with E-state index in [9.17, 15) is 4.79 Å². The van der Waals surface area contributed by atoms with Crippen LogP contribution in [0.5, 0.6) is 0 Å². The van der Waals surface area contributed by atoms with Crippen molar-refractivity contribution in [2.75, 3.05) is 6.61 Å². The van der Waals surface area contributed by atoms with Crippen molar-refractivity contribution in [1.82, 2.24) is 0 Å². The highest BCUT2D eigenvalue weighted by molar-refractivity contribution is 5.83. The van der Waals surface area contributed by atoms with Gasteiger partial charge in [0, 0.05) is 5.92 Å². The third kappa shape index (κ3) is 1.80. The Morgan fingerprint density at radius 1 is 1.42 bits per heavy atom. The van der Waals surface area contributed by atoms with E-state index in [1.54, 1.807) is 0 Å². The van der Waals surface area contributed by atoms with Gasteiger partial charge in [-0.25, -0.2) is 4.79 Å². The first-order valence-electron chi connectivity index (χ1n) is 6.86. The van der Waals surface area contributed by atoms with Crippen LogP contribution in [-0.2, 0) is 19.9 Å². The third-order valence-electron chi connectivity index (χ3n) is 3.95. The average molecular weight is 258 g/mol. The van der Waals surface area contributed by atoms with Crippen LogP contribution in [0.4, 0.5) is 0 Å². The standard InChI is InChI=1S/C16H18O3/c1-2-18-15(17)16(12-8-4-3-5-9-12)13-10-6-7-11-14(13)19-16/h3-6,8-10,13-14H,2,7,11H2,1H3/t13-,14+,16-/m1/s1. The highest BCUT2D eigenvalue weighted by atomic mass is 16.6. The molecule has 1 saturated heterocycles. The number of esters is 1. The van der Waals surface area contributed by atoms with E-state index in [4.69, 9.17) is 9.47 Å². The number of rotatable bonds is 3. The number of ether oxygens (including phenoxy) is 2. The molecule has 0 aromatic heterocycles. The summed E-state index contributed by atoms with van der Waals surface area (Å²) in [5.74, 6) is -0.170. The van der Waals surface area contributed by atoms with Crippen molar-refractivity contribution < 1.29 is 14.3 Å². The number of benzene rings is 1. The van der Waals surface area contributed by atoms with E-state index >= 15 is 0 Å². The molecule has 0 N–H and O–H groups in total. The molecule has 1 aliphatic carbocycles. The number of hydrogen-bond acceptors (Lipinski definition) is 3. The van der Waals surface area contributed by atoms with E-state index in [1.165, 1.54) is 0 Å². The van der Waals surface area contributed by atoms with Crippen molar-refractivity contribution in [3.05, 3.63) is 48.0 Å². The van der Waals surface area contributed by atoms with Gasteiger partial charge < -0.3 is 9.47 Å². The Bertz CT molecular complexity index is 494. The second-order valence-electron chi connectivity index (χ2n) is 5.01. The molecule has 0 bridgehead atoms. The summed E-state index contributed by atoms with van der Waals surface area (Å²) in [7, 11) is 0. The number of allylic oxidation sites excluding steroid dienone is 1. The highest BCUT2D eigenvalue weighted by Gasteiger charge is 2.61. The van der Waals surface area contributed by atoms with Gasteiger partial charge in [0.2, 0.25) is 0 Å². The van der Waals surface area contributed by atoms with Crippen molar-refractivity contribution in [1.29, 1.82) is 0 Å². The molecule has 1 aromatic rings. The summed E-state index contributed by atoms with van der Waals surface area (Å²) < 4.78 is 11.3. The second kappa shape index (κ2) is 4.82. The minimum Gasteiger partial charge on any atom is -0.464 e. The first-order chi connectivity index (χ1) is 9.29. The quantitative estimate of drug-likeness (QED) is 0.618. The Labute approximate surface area is 113 Å². The average Bonchev–Trinajstić information content (AvgIpc) is 2.42. The lowest BCUT2D eigenvalue weighted by Crippen LogP contribution is -2.62. The van der Waals surface area contributed by atoms with Crippen LogP contribution in [0.25, 0.3) is 0 Å². The van der Waals surface area contributed by atoms with Gasteiger partial charge >= 0.3 is 5.97 Å². The van der Waals surface area contributed by atoms with Crippen molar-refractivity contribution >= 4 is 5.97 Å². The monoisotopic (exact) mass is 258 g/mol. The summed E-state index contributed by atoms with van der Waals surface area (Å²) in [4.78, 5) is 12.4. The van der Waals surface area contributed by atoms with Crippen LogP contribution in [0, 0.1) is 5.92 Å². The van der Waals surface area contributed by atoms with Crippen LogP contribution in [0.2, 0.25) is 0 Å². The first kappa shape index (κ1) is 12.4. The van der Waals surface area contributed by atoms with Crippen molar-refractivity contribution in [2.45, 2.75) is 31.5 Å². The predicted octanol–water partition coefficient (Wildman–Crippen LogP) is 2.81. The van der Waals surface area contributed by atoms with Gasteiger partial charge in [-0.15, -0.1) is 0 Å². The second-order valence-corrected chi connectivity index (χ2v) is 5.01. The molecule has 3 atom stereocenters. The smallest absolute Gasteiger partial charge is 0.343 e. The fourth-order valence-corrected chi connectivity index (χ4v) is 3.07. The molecule has 1 aromatic carbocycles. The topological polar surface area (TPSA) is 35.5 Å². The molecule has 1 fully saturated rings. The molecular weight excluding hydrogens is 240 g/mol. The van der Waals surface area contributed by atoms with Gasteiger partial charge in [0.1, 0.15) is 0 Å². The van der Waals surface area contributed by atoms with Gasteiger partial charge in [0.05, 0.1) is 12.7 Å². The number of carbonyl (C=O) groups excluding carboxylic acids is 1. The maximum Gasteiger partial charge on any atom is 0.343 e. The van der Waals surface area contributed by atoms with E-state index < -0.39 is 5.60 Å². The molecule has 3 rings (SSSR count). The molecule has 0 saturated carbocycles. The largest absolute Gasteiger partial charge is 0.464 e.